The molecule has 2 heteroatoms. The summed E-state index contributed by atoms with van der Waals surface area (Å²) in [6.45, 7) is 1.71. The first-order chi connectivity index (χ1) is 5.70. The highest BCUT2D eigenvalue weighted by atomic mass is 16.3. The summed E-state index contributed by atoms with van der Waals surface area (Å²) in [4.78, 5) is 10.6. The summed E-state index contributed by atoms with van der Waals surface area (Å²) in [7, 11) is 0. The summed E-state index contributed by atoms with van der Waals surface area (Å²) < 4.78 is 0. The average molecular weight is 168 g/mol. The third-order valence-electron chi connectivity index (χ3n) is 1.79. The van der Waals surface area contributed by atoms with Gasteiger partial charge < -0.3 is 9.90 Å². The van der Waals surface area contributed by atoms with Crippen molar-refractivity contribution < 1.29 is 9.90 Å². The molecule has 12 heavy (non-hydrogen) atoms. The van der Waals surface area contributed by atoms with Crippen molar-refractivity contribution in [3.8, 4) is 12.3 Å². The Balaban J connectivity index is 3.46. The highest BCUT2D eigenvalue weighted by molar-refractivity contribution is 5.75. The van der Waals surface area contributed by atoms with E-state index >= 15 is 0 Å². The largest absolute Gasteiger partial charge is 0.396 e. The fraction of sp³-hybridized carbons (Fsp3) is 0.700. The van der Waals surface area contributed by atoms with Crippen molar-refractivity contribution in [2.75, 3.05) is 6.61 Å². The molecule has 0 amide bonds. The summed E-state index contributed by atoms with van der Waals surface area (Å²) in [5, 5.41) is 8.61. The number of terminal acetylenes is 1. The summed E-state index contributed by atoms with van der Waals surface area (Å²) >= 11 is 0. The zero-order chi connectivity index (χ0) is 9.40. The molecule has 0 bridgehead atoms. The minimum atomic E-state index is 0.134. The van der Waals surface area contributed by atoms with Crippen molar-refractivity contribution in [3.05, 3.63) is 0 Å². The Bertz CT molecular complexity index is 167. The number of aliphatic hydroxyl groups is 1. The molecule has 0 saturated carbocycles. The van der Waals surface area contributed by atoms with Gasteiger partial charge in [-0.15, -0.1) is 12.3 Å². The lowest BCUT2D eigenvalue weighted by molar-refractivity contribution is -0.117. The molecule has 0 aliphatic carbocycles. The molecular formula is C10H16O2. The lowest BCUT2D eigenvalue weighted by Crippen LogP contribution is -2.01. The number of Topliss-reactive ketones (excluding diaryl/α,β-unsaturated/α-hetero) is 1. The van der Waals surface area contributed by atoms with E-state index in [1.54, 1.807) is 6.92 Å². The van der Waals surface area contributed by atoms with Crippen LogP contribution in [0, 0.1) is 18.3 Å². The Morgan fingerprint density at radius 2 is 2.25 bits per heavy atom. The third kappa shape index (κ3) is 5.94. The van der Waals surface area contributed by atoms with Gasteiger partial charge in [-0.25, -0.2) is 0 Å². The van der Waals surface area contributed by atoms with Crippen LogP contribution in [0.1, 0.15) is 32.6 Å². The lowest BCUT2D eigenvalue weighted by Gasteiger charge is -2.06. The molecule has 0 aromatic heterocycles. The van der Waals surface area contributed by atoms with Crippen LogP contribution in [0.25, 0.3) is 0 Å². The fourth-order valence-electron chi connectivity index (χ4n) is 1.06. The first-order valence-electron chi connectivity index (χ1n) is 4.27. The molecule has 1 atom stereocenters. The van der Waals surface area contributed by atoms with E-state index < -0.39 is 0 Å². The van der Waals surface area contributed by atoms with Gasteiger partial charge in [-0.2, -0.15) is 0 Å². The number of carbonyl (C=O) groups excluding carboxylic acids is 1. The van der Waals surface area contributed by atoms with E-state index in [1.165, 1.54) is 0 Å². The topological polar surface area (TPSA) is 37.3 Å². The van der Waals surface area contributed by atoms with E-state index in [9.17, 15) is 4.79 Å². The third-order valence-corrected chi connectivity index (χ3v) is 1.79. The quantitative estimate of drug-likeness (QED) is 0.608. The number of ketones is 1. The van der Waals surface area contributed by atoms with Gasteiger partial charge in [0.1, 0.15) is 5.78 Å². The van der Waals surface area contributed by atoms with Crippen molar-refractivity contribution in [2.45, 2.75) is 32.6 Å². The Kier molecular flexibility index (Phi) is 6.41. The van der Waals surface area contributed by atoms with E-state index in [0.717, 1.165) is 12.8 Å². The molecular weight excluding hydrogens is 152 g/mol. The molecule has 68 valence electrons. The van der Waals surface area contributed by atoms with Crippen molar-refractivity contribution in [3.63, 3.8) is 0 Å². The van der Waals surface area contributed by atoms with Crippen LogP contribution < -0.4 is 0 Å². The maximum atomic E-state index is 10.6. The Morgan fingerprint density at radius 1 is 1.58 bits per heavy atom. The molecule has 0 aromatic rings. The van der Waals surface area contributed by atoms with Gasteiger partial charge in [0.2, 0.25) is 0 Å². The van der Waals surface area contributed by atoms with Crippen molar-refractivity contribution >= 4 is 5.78 Å². The minimum absolute atomic E-state index is 0.134. The van der Waals surface area contributed by atoms with E-state index in [2.05, 4.69) is 5.92 Å². The van der Waals surface area contributed by atoms with Gasteiger partial charge in [0.15, 0.2) is 0 Å². The summed E-state index contributed by atoms with van der Waals surface area (Å²) in [5.74, 6) is 2.94. The number of carbonyl (C=O) groups is 1. The van der Waals surface area contributed by atoms with Gasteiger partial charge in [0, 0.05) is 18.9 Å². The van der Waals surface area contributed by atoms with Crippen LogP contribution in [0.2, 0.25) is 0 Å². The second kappa shape index (κ2) is 6.87. The molecule has 0 rings (SSSR count). The number of hydrogen-bond donors (Lipinski definition) is 1. The van der Waals surface area contributed by atoms with E-state index in [-0.39, 0.29) is 18.3 Å². The molecule has 2 nitrogen and oxygen atoms in total. The second-order valence-corrected chi connectivity index (χ2v) is 2.97. The Hall–Kier alpha value is -0.810. The van der Waals surface area contributed by atoms with Gasteiger partial charge in [-0.3, -0.25) is 0 Å². The lowest BCUT2D eigenvalue weighted by atomic mass is 9.99. The van der Waals surface area contributed by atoms with Crippen LogP contribution in [-0.2, 0) is 4.79 Å². The molecule has 0 heterocycles. The molecule has 0 fully saturated rings. The van der Waals surface area contributed by atoms with Crippen LogP contribution in [-0.4, -0.2) is 17.5 Å². The number of hydrogen-bond acceptors (Lipinski definition) is 2. The standard InChI is InChI=1S/C10H16O2/c1-3-10(7-8-11)6-4-5-9(2)12/h1,10-11H,4-8H2,2H3. The molecule has 0 aliphatic heterocycles. The summed E-state index contributed by atoms with van der Waals surface area (Å²) in [6, 6.07) is 0. The van der Waals surface area contributed by atoms with E-state index in [4.69, 9.17) is 11.5 Å². The van der Waals surface area contributed by atoms with Crippen LogP contribution in [0.3, 0.4) is 0 Å². The highest BCUT2D eigenvalue weighted by Gasteiger charge is 2.04. The molecule has 0 saturated heterocycles. The van der Waals surface area contributed by atoms with Gasteiger partial charge in [-0.05, 0) is 26.2 Å². The van der Waals surface area contributed by atoms with Crippen LogP contribution in [0.5, 0.6) is 0 Å². The van der Waals surface area contributed by atoms with E-state index in [0.29, 0.717) is 12.8 Å². The van der Waals surface area contributed by atoms with Crippen LogP contribution >= 0.6 is 0 Å². The van der Waals surface area contributed by atoms with Gasteiger partial charge in [-0.1, -0.05) is 0 Å². The molecule has 0 spiro atoms. The van der Waals surface area contributed by atoms with Crippen molar-refractivity contribution in [1.29, 1.82) is 0 Å². The maximum Gasteiger partial charge on any atom is 0.129 e. The predicted octanol–water partition coefficient (Wildman–Crippen LogP) is 1.38. The monoisotopic (exact) mass is 168 g/mol. The molecule has 0 radical (unpaired) electrons. The van der Waals surface area contributed by atoms with E-state index in [1.807, 2.05) is 0 Å². The minimum Gasteiger partial charge on any atom is -0.396 e. The maximum absolute atomic E-state index is 10.6. The van der Waals surface area contributed by atoms with Crippen molar-refractivity contribution in [1.82, 2.24) is 0 Å². The molecule has 1 N–H and O–H groups in total. The van der Waals surface area contributed by atoms with Gasteiger partial charge in [0.05, 0.1) is 0 Å². The first kappa shape index (κ1) is 11.2. The van der Waals surface area contributed by atoms with Gasteiger partial charge >= 0.3 is 0 Å². The SMILES string of the molecule is C#CC(CCO)CCCC(C)=O. The Labute approximate surface area is 74.0 Å². The Morgan fingerprint density at radius 3 is 2.67 bits per heavy atom. The highest BCUT2D eigenvalue weighted by Crippen LogP contribution is 2.11. The zero-order valence-electron chi connectivity index (χ0n) is 7.55. The second-order valence-electron chi connectivity index (χ2n) is 2.97. The number of aliphatic hydroxyl groups excluding tert-OH is 1. The summed E-state index contributed by atoms with van der Waals surface area (Å²) in [5.41, 5.74) is 0. The summed E-state index contributed by atoms with van der Waals surface area (Å²) in [6.07, 6.45) is 8.16. The fourth-order valence-corrected chi connectivity index (χ4v) is 1.06. The van der Waals surface area contributed by atoms with Gasteiger partial charge in [0.25, 0.3) is 0 Å². The van der Waals surface area contributed by atoms with Crippen LogP contribution in [0.4, 0.5) is 0 Å². The molecule has 1 unspecified atom stereocenters. The van der Waals surface area contributed by atoms with Crippen molar-refractivity contribution in [2.24, 2.45) is 5.92 Å². The molecule has 0 aliphatic rings. The number of rotatable bonds is 6. The smallest absolute Gasteiger partial charge is 0.129 e. The predicted molar refractivity (Wildman–Crippen MR) is 48.6 cm³/mol. The van der Waals surface area contributed by atoms with Crippen LogP contribution in [0.15, 0.2) is 0 Å². The normalized spacial score (nSPS) is 12.1. The average Bonchev–Trinajstić information content (AvgIpc) is 2.02. The zero-order valence-corrected chi connectivity index (χ0v) is 7.55. The molecule has 0 aromatic carbocycles. The first-order valence-corrected chi connectivity index (χ1v) is 4.27.